The second-order valence-corrected chi connectivity index (χ2v) is 8.32. The Bertz CT molecular complexity index is 1110. The fraction of sp³-hybridized carbons (Fsp3) is 0.391. The monoisotopic (exact) mass is 405 g/mol. The second kappa shape index (κ2) is 6.65. The normalized spacial score (nSPS) is 28.2. The smallest absolute Gasteiger partial charge is 0.328 e. The first kappa shape index (κ1) is 18.8. The Balaban J connectivity index is 1.53. The topological polar surface area (TPSA) is 81.0 Å². The zero-order chi connectivity index (χ0) is 21.2. The van der Waals surface area contributed by atoms with Crippen LogP contribution in [0, 0.1) is 30.6 Å². The van der Waals surface area contributed by atoms with E-state index in [0.717, 1.165) is 33.6 Å². The highest BCUT2D eigenvalue weighted by molar-refractivity contribution is 6.08. The van der Waals surface area contributed by atoms with Gasteiger partial charge in [0.25, 0.3) is 11.8 Å². The van der Waals surface area contributed by atoms with E-state index < -0.39 is 6.04 Å². The van der Waals surface area contributed by atoms with Gasteiger partial charge in [0.1, 0.15) is 6.04 Å². The van der Waals surface area contributed by atoms with Gasteiger partial charge >= 0.3 is 5.97 Å². The molecule has 2 aliphatic carbocycles. The van der Waals surface area contributed by atoms with Crippen molar-refractivity contribution in [1.82, 2.24) is 9.58 Å². The summed E-state index contributed by atoms with van der Waals surface area (Å²) < 4.78 is 6.82. The Morgan fingerprint density at radius 1 is 1.17 bits per heavy atom. The summed E-state index contributed by atoms with van der Waals surface area (Å²) in [5.41, 5.74) is 2.46. The average molecular weight is 405 g/mol. The molecule has 2 fully saturated rings. The Morgan fingerprint density at radius 2 is 1.80 bits per heavy atom. The molecule has 2 amide bonds. The zero-order valence-corrected chi connectivity index (χ0v) is 17.1. The van der Waals surface area contributed by atoms with E-state index in [1.54, 1.807) is 13.1 Å². The first-order valence-electron chi connectivity index (χ1n) is 10.2. The number of allylic oxidation sites excluding steroid dienone is 2. The maximum atomic E-state index is 12.9. The van der Waals surface area contributed by atoms with Crippen LogP contribution in [0.15, 0.2) is 41.5 Å². The molecule has 0 radical (unpaired) electrons. The number of carbonyl (C=O) groups excluding carboxylic acids is 3. The van der Waals surface area contributed by atoms with Crippen molar-refractivity contribution in [3.05, 3.63) is 47.7 Å². The molecule has 30 heavy (non-hydrogen) atoms. The number of rotatable bonds is 4. The number of amides is 2. The third-order valence-electron chi connectivity index (χ3n) is 6.88. The van der Waals surface area contributed by atoms with Crippen molar-refractivity contribution < 1.29 is 19.1 Å². The molecular formula is C23H23N3O4. The lowest BCUT2D eigenvalue weighted by molar-refractivity contribution is -0.144. The zero-order valence-electron chi connectivity index (χ0n) is 17.1. The van der Waals surface area contributed by atoms with Crippen LogP contribution in [0.1, 0.15) is 30.6 Å². The molecule has 1 saturated carbocycles. The number of imide groups is 1. The van der Waals surface area contributed by atoms with Crippen LogP contribution in [-0.4, -0.2) is 40.7 Å². The molecule has 2 heterocycles. The lowest BCUT2D eigenvalue weighted by atomic mass is 9.85. The van der Waals surface area contributed by atoms with E-state index in [2.05, 4.69) is 17.3 Å². The van der Waals surface area contributed by atoms with E-state index in [1.165, 1.54) is 7.11 Å². The number of nitrogens with zero attached hydrogens (tertiary/aromatic N) is 3. The third-order valence-corrected chi connectivity index (χ3v) is 6.88. The Hall–Kier alpha value is -3.22. The van der Waals surface area contributed by atoms with E-state index in [9.17, 15) is 14.4 Å². The van der Waals surface area contributed by atoms with Crippen molar-refractivity contribution in [2.45, 2.75) is 26.3 Å². The third kappa shape index (κ3) is 2.44. The summed E-state index contributed by atoms with van der Waals surface area (Å²) in [6, 6.07) is 7.17. The van der Waals surface area contributed by atoms with Crippen LogP contribution < -0.4 is 0 Å². The number of carbonyl (C=O) groups is 3. The SMILES string of the molecule is COC(=O)[C@@H](C)n1c(C)c(C=NN2C(=O)[C@@H]3[C@H](C2=O)[C@H]2C=C[C@H]3C2)c2ccccc21. The maximum Gasteiger partial charge on any atom is 0.328 e. The number of methoxy groups -OCH3 is 1. The van der Waals surface area contributed by atoms with Gasteiger partial charge in [-0.2, -0.15) is 10.1 Å². The largest absolute Gasteiger partial charge is 0.467 e. The second-order valence-electron chi connectivity index (χ2n) is 8.32. The highest BCUT2D eigenvalue weighted by Gasteiger charge is 2.59. The molecule has 2 bridgehead atoms. The molecule has 1 aromatic heterocycles. The van der Waals surface area contributed by atoms with Gasteiger partial charge < -0.3 is 9.30 Å². The average Bonchev–Trinajstić information content (AvgIpc) is 3.48. The summed E-state index contributed by atoms with van der Waals surface area (Å²) in [5, 5.41) is 6.29. The predicted molar refractivity (Wildman–Crippen MR) is 111 cm³/mol. The van der Waals surface area contributed by atoms with Crippen LogP contribution >= 0.6 is 0 Å². The molecule has 0 unspecified atom stereocenters. The van der Waals surface area contributed by atoms with Crippen LogP contribution in [0.3, 0.4) is 0 Å². The van der Waals surface area contributed by atoms with Crippen molar-refractivity contribution in [1.29, 1.82) is 0 Å². The molecule has 5 rings (SSSR count). The van der Waals surface area contributed by atoms with Gasteiger partial charge in [-0.1, -0.05) is 30.4 Å². The molecule has 1 aromatic carbocycles. The molecular weight excluding hydrogens is 382 g/mol. The van der Waals surface area contributed by atoms with E-state index >= 15 is 0 Å². The molecule has 0 N–H and O–H groups in total. The Labute approximate surface area is 174 Å². The molecule has 1 saturated heterocycles. The van der Waals surface area contributed by atoms with Crippen LogP contribution in [0.4, 0.5) is 0 Å². The molecule has 7 nitrogen and oxygen atoms in total. The number of para-hydroxylation sites is 1. The van der Waals surface area contributed by atoms with Crippen LogP contribution in [-0.2, 0) is 19.1 Å². The maximum absolute atomic E-state index is 12.9. The highest BCUT2D eigenvalue weighted by atomic mass is 16.5. The number of aromatic nitrogens is 1. The Morgan fingerprint density at radius 3 is 2.43 bits per heavy atom. The molecule has 154 valence electrons. The number of hydrazone groups is 1. The summed E-state index contributed by atoms with van der Waals surface area (Å²) in [6.07, 6.45) is 6.60. The molecule has 3 aliphatic rings. The molecule has 7 heteroatoms. The highest BCUT2D eigenvalue weighted by Crippen LogP contribution is 2.52. The number of esters is 1. The predicted octanol–water partition coefficient (Wildman–Crippen LogP) is 2.82. The quantitative estimate of drug-likeness (QED) is 0.339. The molecule has 2 aromatic rings. The van der Waals surface area contributed by atoms with Crippen molar-refractivity contribution in [2.75, 3.05) is 7.11 Å². The van der Waals surface area contributed by atoms with E-state index in [1.807, 2.05) is 35.8 Å². The van der Waals surface area contributed by atoms with Crippen LogP contribution in [0.25, 0.3) is 10.9 Å². The van der Waals surface area contributed by atoms with Crippen molar-refractivity contribution in [3.8, 4) is 0 Å². The first-order valence-corrected chi connectivity index (χ1v) is 10.2. The number of hydrogen-bond donors (Lipinski definition) is 0. The number of hydrogen-bond acceptors (Lipinski definition) is 5. The summed E-state index contributed by atoms with van der Waals surface area (Å²) in [6.45, 7) is 3.68. The van der Waals surface area contributed by atoms with Gasteiger partial charge in [0, 0.05) is 22.2 Å². The number of fused-ring (bicyclic) bond motifs is 6. The Kier molecular flexibility index (Phi) is 4.17. The van der Waals surface area contributed by atoms with Crippen LogP contribution in [0.2, 0.25) is 0 Å². The van der Waals surface area contributed by atoms with Crippen LogP contribution in [0.5, 0.6) is 0 Å². The van der Waals surface area contributed by atoms with Crippen molar-refractivity contribution in [3.63, 3.8) is 0 Å². The van der Waals surface area contributed by atoms with Crippen molar-refractivity contribution >= 4 is 34.9 Å². The standard InChI is InChI=1S/C23H23N3O4/c1-12-17(16-6-4-5-7-18(16)25(12)13(2)23(29)30-3)11-24-26-21(27)19-14-8-9-15(10-14)20(19)22(26)28/h4-9,11,13-15,19-20H,10H2,1-3H3/t13-,14+,15+,19-,20+/m1/s1. The molecule has 1 aliphatic heterocycles. The number of ether oxygens (including phenoxy) is 1. The van der Waals surface area contributed by atoms with Gasteiger partial charge in [0.2, 0.25) is 0 Å². The van der Waals surface area contributed by atoms with Crippen molar-refractivity contribution in [2.24, 2.45) is 28.8 Å². The minimum Gasteiger partial charge on any atom is -0.467 e. The van der Waals surface area contributed by atoms with Gasteiger partial charge in [0.15, 0.2) is 0 Å². The van der Waals surface area contributed by atoms with E-state index in [4.69, 9.17) is 4.74 Å². The summed E-state index contributed by atoms with van der Waals surface area (Å²) in [7, 11) is 1.37. The van der Waals surface area contributed by atoms with Gasteiger partial charge in [0.05, 0.1) is 25.2 Å². The fourth-order valence-corrected chi connectivity index (χ4v) is 5.47. The summed E-state index contributed by atoms with van der Waals surface area (Å²) >= 11 is 0. The first-order chi connectivity index (χ1) is 14.4. The fourth-order valence-electron chi connectivity index (χ4n) is 5.47. The molecule has 5 atom stereocenters. The van der Waals surface area contributed by atoms with E-state index in [-0.39, 0.29) is 41.5 Å². The van der Waals surface area contributed by atoms with Gasteiger partial charge in [-0.15, -0.1) is 0 Å². The lowest BCUT2D eigenvalue weighted by Crippen LogP contribution is -2.28. The van der Waals surface area contributed by atoms with E-state index in [0.29, 0.717) is 0 Å². The number of benzene rings is 1. The van der Waals surface area contributed by atoms with Gasteiger partial charge in [-0.3, -0.25) is 9.59 Å². The summed E-state index contributed by atoms with van der Waals surface area (Å²) in [4.78, 5) is 37.9. The minimum absolute atomic E-state index is 0.154. The minimum atomic E-state index is -0.516. The summed E-state index contributed by atoms with van der Waals surface area (Å²) in [5.74, 6) is -0.992. The van der Waals surface area contributed by atoms with Gasteiger partial charge in [-0.25, -0.2) is 4.79 Å². The lowest BCUT2D eigenvalue weighted by Gasteiger charge is -2.15. The van der Waals surface area contributed by atoms with Gasteiger partial charge in [-0.05, 0) is 38.2 Å². The molecule has 0 spiro atoms.